The Morgan fingerprint density at radius 3 is 2.72 bits per heavy atom. The number of halogens is 1. The summed E-state index contributed by atoms with van der Waals surface area (Å²) >= 11 is 3.47. The van der Waals surface area contributed by atoms with Crippen LogP contribution in [0.3, 0.4) is 0 Å². The molecule has 1 aromatic heterocycles. The van der Waals surface area contributed by atoms with Gasteiger partial charge in [-0.05, 0) is 41.4 Å². The minimum absolute atomic E-state index is 0.129. The van der Waals surface area contributed by atoms with E-state index < -0.39 is 0 Å². The number of aromatic nitrogens is 2. The molecule has 1 heterocycles. The lowest BCUT2D eigenvalue weighted by Gasteiger charge is -2.08. The van der Waals surface area contributed by atoms with Crippen molar-refractivity contribution >= 4 is 15.9 Å². The quantitative estimate of drug-likeness (QED) is 0.946. The van der Waals surface area contributed by atoms with E-state index in [0.717, 1.165) is 21.7 Å². The number of hydrogen-bond acceptors (Lipinski definition) is 2. The Labute approximate surface area is 116 Å². The molecule has 0 saturated carbocycles. The summed E-state index contributed by atoms with van der Waals surface area (Å²) in [6, 6.07) is 6.36. The average Bonchev–Trinajstić information content (AvgIpc) is 2.61. The summed E-state index contributed by atoms with van der Waals surface area (Å²) in [6.07, 6.45) is 0.606. The molecule has 96 valence electrons. The maximum atomic E-state index is 9.09. The molecule has 0 bridgehead atoms. The number of nitrogens with zero attached hydrogens (tertiary/aromatic N) is 2. The Bertz CT molecular complexity index is 575. The number of hydrogen-bond donors (Lipinski definition) is 1. The van der Waals surface area contributed by atoms with Gasteiger partial charge in [0.15, 0.2) is 0 Å². The molecule has 0 saturated heterocycles. The van der Waals surface area contributed by atoms with Crippen LogP contribution < -0.4 is 0 Å². The van der Waals surface area contributed by atoms with Gasteiger partial charge < -0.3 is 9.67 Å². The molecule has 0 aliphatic rings. The van der Waals surface area contributed by atoms with Crippen molar-refractivity contribution in [1.29, 1.82) is 0 Å². The van der Waals surface area contributed by atoms with Crippen molar-refractivity contribution in [2.45, 2.75) is 20.3 Å². The van der Waals surface area contributed by atoms with Crippen LogP contribution in [0.4, 0.5) is 0 Å². The van der Waals surface area contributed by atoms with Crippen molar-refractivity contribution in [1.82, 2.24) is 9.55 Å². The van der Waals surface area contributed by atoms with E-state index >= 15 is 0 Å². The summed E-state index contributed by atoms with van der Waals surface area (Å²) in [5.41, 5.74) is 4.59. The molecule has 0 aliphatic carbocycles. The maximum absolute atomic E-state index is 9.09. The van der Waals surface area contributed by atoms with Gasteiger partial charge in [-0.25, -0.2) is 4.98 Å². The second-order valence-corrected chi connectivity index (χ2v) is 5.28. The van der Waals surface area contributed by atoms with Crippen LogP contribution >= 0.6 is 15.9 Å². The molecule has 2 rings (SSSR count). The van der Waals surface area contributed by atoms with Gasteiger partial charge in [0.25, 0.3) is 0 Å². The van der Waals surface area contributed by atoms with Crippen LogP contribution in [0.25, 0.3) is 11.4 Å². The van der Waals surface area contributed by atoms with Gasteiger partial charge >= 0.3 is 0 Å². The Kier molecular flexibility index (Phi) is 3.88. The number of rotatable bonds is 3. The zero-order valence-corrected chi connectivity index (χ0v) is 12.5. The Morgan fingerprint density at radius 1 is 1.33 bits per heavy atom. The molecule has 0 atom stereocenters. The molecule has 1 N–H and O–H groups in total. The lowest BCUT2D eigenvalue weighted by atomic mass is 10.1. The summed E-state index contributed by atoms with van der Waals surface area (Å²) in [6.45, 7) is 4.29. The van der Waals surface area contributed by atoms with Gasteiger partial charge in [0.2, 0.25) is 0 Å². The van der Waals surface area contributed by atoms with Gasteiger partial charge in [-0.2, -0.15) is 0 Å². The van der Waals surface area contributed by atoms with Gasteiger partial charge in [-0.15, -0.1) is 0 Å². The fourth-order valence-corrected chi connectivity index (χ4v) is 2.73. The van der Waals surface area contributed by atoms with E-state index in [1.54, 1.807) is 0 Å². The first-order valence-electron chi connectivity index (χ1n) is 5.94. The van der Waals surface area contributed by atoms with Crippen molar-refractivity contribution in [2.75, 3.05) is 6.61 Å². The third kappa shape index (κ3) is 2.35. The maximum Gasteiger partial charge on any atom is 0.141 e. The van der Waals surface area contributed by atoms with Gasteiger partial charge in [-0.3, -0.25) is 0 Å². The number of benzene rings is 1. The van der Waals surface area contributed by atoms with Crippen LogP contribution in [0, 0.1) is 13.8 Å². The van der Waals surface area contributed by atoms with Crippen LogP contribution in [0.15, 0.2) is 22.8 Å². The molecule has 0 unspecified atom stereocenters. The van der Waals surface area contributed by atoms with Crippen molar-refractivity contribution < 1.29 is 5.11 Å². The van der Waals surface area contributed by atoms with E-state index in [1.165, 1.54) is 11.1 Å². The Balaban J connectivity index is 2.57. The topological polar surface area (TPSA) is 38.1 Å². The number of imidazole rings is 1. The Morgan fingerprint density at radius 2 is 2.06 bits per heavy atom. The highest BCUT2D eigenvalue weighted by atomic mass is 79.9. The predicted molar refractivity (Wildman–Crippen MR) is 76.6 cm³/mol. The predicted octanol–water partition coefficient (Wildman–Crippen LogP) is 3.00. The van der Waals surface area contributed by atoms with E-state index in [2.05, 4.69) is 53.0 Å². The third-order valence-electron chi connectivity index (χ3n) is 3.15. The summed E-state index contributed by atoms with van der Waals surface area (Å²) in [5.74, 6) is 0.937. The lowest BCUT2D eigenvalue weighted by Crippen LogP contribution is -2.02. The van der Waals surface area contributed by atoms with Crippen molar-refractivity contribution in [3.05, 3.63) is 39.6 Å². The monoisotopic (exact) mass is 308 g/mol. The van der Waals surface area contributed by atoms with Crippen LogP contribution in [-0.4, -0.2) is 21.3 Å². The highest BCUT2D eigenvalue weighted by Crippen LogP contribution is 2.28. The van der Waals surface area contributed by atoms with Gasteiger partial charge in [0, 0.05) is 25.6 Å². The summed E-state index contributed by atoms with van der Waals surface area (Å²) in [4.78, 5) is 4.57. The van der Waals surface area contributed by atoms with Crippen LogP contribution in [0.2, 0.25) is 0 Å². The normalized spacial score (nSPS) is 10.9. The smallest absolute Gasteiger partial charge is 0.141 e. The van der Waals surface area contributed by atoms with Crippen molar-refractivity contribution in [3.8, 4) is 11.4 Å². The van der Waals surface area contributed by atoms with E-state index in [0.29, 0.717) is 6.42 Å². The van der Waals surface area contributed by atoms with Gasteiger partial charge in [-0.1, -0.05) is 17.7 Å². The summed E-state index contributed by atoms with van der Waals surface area (Å²) in [5, 5.41) is 9.09. The molecule has 0 aliphatic heterocycles. The highest BCUT2D eigenvalue weighted by molar-refractivity contribution is 9.10. The van der Waals surface area contributed by atoms with E-state index in [9.17, 15) is 0 Å². The van der Waals surface area contributed by atoms with Crippen molar-refractivity contribution in [3.63, 3.8) is 0 Å². The zero-order chi connectivity index (χ0) is 13.3. The van der Waals surface area contributed by atoms with Crippen LogP contribution in [0.5, 0.6) is 0 Å². The summed E-state index contributed by atoms with van der Waals surface area (Å²) < 4.78 is 2.86. The molecule has 3 nitrogen and oxygen atoms in total. The molecule has 0 spiro atoms. The molecule has 0 fully saturated rings. The lowest BCUT2D eigenvalue weighted by molar-refractivity contribution is 0.296. The minimum atomic E-state index is 0.129. The average molecular weight is 309 g/mol. The fourth-order valence-electron chi connectivity index (χ4n) is 2.09. The molecular formula is C14H17BrN2O. The zero-order valence-electron chi connectivity index (χ0n) is 10.9. The molecule has 18 heavy (non-hydrogen) atoms. The second-order valence-electron chi connectivity index (χ2n) is 4.52. The van der Waals surface area contributed by atoms with Crippen LogP contribution in [-0.2, 0) is 13.5 Å². The van der Waals surface area contributed by atoms with E-state index in [1.807, 2.05) is 11.6 Å². The minimum Gasteiger partial charge on any atom is -0.396 e. The molecule has 0 amide bonds. The molecule has 2 aromatic rings. The summed E-state index contributed by atoms with van der Waals surface area (Å²) in [7, 11) is 1.99. The largest absolute Gasteiger partial charge is 0.396 e. The number of aliphatic hydroxyl groups excluding tert-OH is 1. The van der Waals surface area contributed by atoms with Crippen molar-refractivity contribution in [2.24, 2.45) is 7.05 Å². The standard InChI is InChI=1S/C14H17BrN2O/c1-9-4-5-10(2)11(8-9)14-16-13(15)12(6-7-18)17(14)3/h4-5,8,18H,6-7H2,1-3H3. The molecule has 1 aromatic carbocycles. The first-order valence-corrected chi connectivity index (χ1v) is 6.73. The van der Waals surface area contributed by atoms with Gasteiger partial charge in [0.05, 0.1) is 5.69 Å². The molecule has 4 heteroatoms. The Hall–Kier alpha value is -1.13. The molecule has 0 radical (unpaired) electrons. The number of aryl methyl sites for hydroxylation is 2. The number of aliphatic hydroxyl groups is 1. The van der Waals surface area contributed by atoms with E-state index in [-0.39, 0.29) is 6.61 Å². The highest BCUT2D eigenvalue weighted by Gasteiger charge is 2.15. The van der Waals surface area contributed by atoms with Gasteiger partial charge in [0.1, 0.15) is 10.4 Å². The fraction of sp³-hybridized carbons (Fsp3) is 0.357. The molecular weight excluding hydrogens is 292 g/mol. The third-order valence-corrected chi connectivity index (χ3v) is 3.78. The SMILES string of the molecule is Cc1ccc(C)c(-c2nc(Br)c(CCO)n2C)c1. The van der Waals surface area contributed by atoms with E-state index in [4.69, 9.17) is 5.11 Å². The first-order chi connectivity index (χ1) is 8.54. The van der Waals surface area contributed by atoms with Crippen LogP contribution in [0.1, 0.15) is 16.8 Å². The first kappa shape index (κ1) is 13.3. The second kappa shape index (κ2) is 5.24.